The lowest BCUT2D eigenvalue weighted by molar-refractivity contribution is 0.102. The van der Waals surface area contributed by atoms with Gasteiger partial charge in [0.25, 0.3) is 5.91 Å². The van der Waals surface area contributed by atoms with Crippen LogP contribution in [0.3, 0.4) is 0 Å². The molecule has 19 heavy (non-hydrogen) atoms. The molecule has 0 fully saturated rings. The number of H-pyrrole nitrogens is 1. The Labute approximate surface area is 117 Å². The van der Waals surface area contributed by atoms with Gasteiger partial charge in [-0.15, -0.1) is 0 Å². The highest BCUT2D eigenvalue weighted by Gasteiger charge is 2.09. The van der Waals surface area contributed by atoms with Crippen molar-refractivity contribution in [1.29, 1.82) is 0 Å². The number of anilines is 1. The molecule has 2 N–H and O–H groups in total. The summed E-state index contributed by atoms with van der Waals surface area (Å²) in [5.74, 6) is 0.400. The van der Waals surface area contributed by atoms with Crippen molar-refractivity contribution in [3.8, 4) is 0 Å². The number of carbonyl (C=O) groups excluding carboxylic acids is 1. The van der Waals surface area contributed by atoms with Crippen LogP contribution in [0.15, 0.2) is 39.4 Å². The van der Waals surface area contributed by atoms with Gasteiger partial charge >= 0.3 is 0 Å². The molecule has 0 saturated heterocycles. The fraction of sp³-hybridized carbons (Fsp3) is 0.0769. The fourth-order valence-corrected chi connectivity index (χ4v) is 2.16. The number of amides is 1. The molecule has 0 atom stereocenters. The number of hydrogen-bond donors (Lipinski definition) is 2. The molecular formula is C13H10BrN3O2. The van der Waals surface area contributed by atoms with E-state index in [0.717, 1.165) is 9.99 Å². The van der Waals surface area contributed by atoms with Crippen LogP contribution in [0, 0.1) is 6.92 Å². The zero-order valence-electron chi connectivity index (χ0n) is 10.0. The molecule has 6 heteroatoms. The first-order chi connectivity index (χ1) is 9.11. The number of nitrogens with zero attached hydrogens (tertiary/aromatic N) is 1. The molecular weight excluding hydrogens is 310 g/mol. The first-order valence-corrected chi connectivity index (χ1v) is 6.43. The summed E-state index contributed by atoms with van der Waals surface area (Å²) in [5.41, 5.74) is 2.60. The Balaban J connectivity index is 1.86. The van der Waals surface area contributed by atoms with E-state index in [1.807, 2.05) is 0 Å². The zero-order valence-corrected chi connectivity index (χ0v) is 11.6. The Morgan fingerprint density at radius 1 is 1.42 bits per heavy atom. The molecule has 3 rings (SSSR count). The molecule has 0 saturated carbocycles. The maximum atomic E-state index is 12.0. The molecule has 5 nitrogen and oxygen atoms in total. The molecule has 1 amide bonds. The van der Waals surface area contributed by atoms with Crippen LogP contribution in [0.25, 0.3) is 11.1 Å². The highest BCUT2D eigenvalue weighted by molar-refractivity contribution is 9.10. The number of hydrogen-bond acceptors (Lipinski definition) is 3. The van der Waals surface area contributed by atoms with E-state index in [1.165, 1.54) is 0 Å². The molecule has 0 aliphatic carbocycles. The van der Waals surface area contributed by atoms with Crippen molar-refractivity contribution >= 4 is 38.6 Å². The van der Waals surface area contributed by atoms with Crippen molar-refractivity contribution in [1.82, 2.24) is 9.97 Å². The highest BCUT2D eigenvalue weighted by Crippen LogP contribution is 2.20. The monoisotopic (exact) mass is 319 g/mol. The van der Waals surface area contributed by atoms with E-state index in [-0.39, 0.29) is 5.91 Å². The number of aryl methyl sites for hydroxylation is 1. The predicted molar refractivity (Wildman–Crippen MR) is 75.2 cm³/mol. The van der Waals surface area contributed by atoms with Crippen LogP contribution < -0.4 is 5.32 Å². The Bertz CT molecular complexity index is 760. The van der Waals surface area contributed by atoms with Gasteiger partial charge in [-0.2, -0.15) is 0 Å². The summed E-state index contributed by atoms with van der Waals surface area (Å²) in [7, 11) is 0. The third kappa shape index (κ3) is 2.39. The van der Waals surface area contributed by atoms with Crippen molar-refractivity contribution in [3.05, 3.63) is 46.5 Å². The second-order valence-electron chi connectivity index (χ2n) is 4.10. The molecule has 0 aliphatic rings. The predicted octanol–water partition coefficient (Wildman–Crippen LogP) is 3.48. The lowest BCUT2D eigenvalue weighted by atomic mass is 10.2. The van der Waals surface area contributed by atoms with Crippen molar-refractivity contribution in [3.63, 3.8) is 0 Å². The van der Waals surface area contributed by atoms with E-state index >= 15 is 0 Å². The first-order valence-electron chi connectivity index (χ1n) is 5.64. The second-order valence-corrected chi connectivity index (χ2v) is 5.02. The molecule has 2 heterocycles. The first kappa shape index (κ1) is 12.0. The summed E-state index contributed by atoms with van der Waals surface area (Å²) in [4.78, 5) is 19.1. The van der Waals surface area contributed by atoms with Gasteiger partial charge in [0, 0.05) is 23.3 Å². The van der Waals surface area contributed by atoms with Gasteiger partial charge in [0.2, 0.25) is 0 Å². The van der Waals surface area contributed by atoms with Gasteiger partial charge in [-0.05, 0) is 40.2 Å². The summed E-state index contributed by atoms with van der Waals surface area (Å²) < 4.78 is 6.21. The molecule has 3 aromatic rings. The quantitative estimate of drug-likeness (QED) is 0.759. The topological polar surface area (TPSA) is 70.9 Å². The largest absolute Gasteiger partial charge is 0.441 e. The van der Waals surface area contributed by atoms with E-state index in [1.54, 1.807) is 37.4 Å². The molecule has 96 valence electrons. The zero-order chi connectivity index (χ0) is 13.4. The van der Waals surface area contributed by atoms with E-state index in [2.05, 4.69) is 31.2 Å². The van der Waals surface area contributed by atoms with Crippen LogP contribution in [-0.2, 0) is 0 Å². The second kappa shape index (κ2) is 4.55. The van der Waals surface area contributed by atoms with E-state index in [9.17, 15) is 4.79 Å². The smallest absolute Gasteiger partial charge is 0.272 e. The van der Waals surface area contributed by atoms with Crippen LogP contribution in [-0.4, -0.2) is 15.9 Å². The van der Waals surface area contributed by atoms with Gasteiger partial charge in [0.15, 0.2) is 11.5 Å². The minimum absolute atomic E-state index is 0.203. The minimum atomic E-state index is -0.203. The van der Waals surface area contributed by atoms with Gasteiger partial charge in [-0.3, -0.25) is 4.79 Å². The number of benzene rings is 1. The number of aromatic amines is 1. The van der Waals surface area contributed by atoms with Crippen LogP contribution in [0.5, 0.6) is 0 Å². The van der Waals surface area contributed by atoms with Gasteiger partial charge < -0.3 is 14.7 Å². The number of aromatic nitrogens is 2. The molecule has 0 aliphatic heterocycles. The molecule has 2 aromatic heterocycles. The summed E-state index contributed by atoms with van der Waals surface area (Å²) in [6.07, 6.45) is 1.71. The van der Waals surface area contributed by atoms with Gasteiger partial charge in [-0.1, -0.05) is 0 Å². The number of nitrogens with one attached hydrogen (secondary N) is 2. The lowest BCUT2D eigenvalue weighted by Crippen LogP contribution is -2.11. The number of fused-ring (bicyclic) bond motifs is 1. The summed E-state index contributed by atoms with van der Waals surface area (Å²) >= 11 is 3.29. The summed E-state index contributed by atoms with van der Waals surface area (Å²) in [6, 6.07) is 7.06. The normalized spacial score (nSPS) is 10.8. The van der Waals surface area contributed by atoms with E-state index in [0.29, 0.717) is 22.9 Å². The molecule has 0 unspecified atom stereocenters. The maximum absolute atomic E-state index is 12.0. The molecule has 0 spiro atoms. The fourth-order valence-electron chi connectivity index (χ4n) is 1.82. The number of oxazole rings is 1. The Hall–Kier alpha value is -2.08. The van der Waals surface area contributed by atoms with Crippen molar-refractivity contribution < 1.29 is 9.21 Å². The molecule has 1 aromatic carbocycles. The number of rotatable bonds is 2. The van der Waals surface area contributed by atoms with Crippen LogP contribution in [0.2, 0.25) is 0 Å². The van der Waals surface area contributed by atoms with E-state index < -0.39 is 0 Å². The van der Waals surface area contributed by atoms with Crippen molar-refractivity contribution in [2.45, 2.75) is 6.92 Å². The Morgan fingerprint density at radius 3 is 3.00 bits per heavy atom. The third-order valence-corrected chi connectivity index (χ3v) is 3.10. The highest BCUT2D eigenvalue weighted by atomic mass is 79.9. The van der Waals surface area contributed by atoms with Gasteiger partial charge in [-0.25, -0.2) is 4.98 Å². The maximum Gasteiger partial charge on any atom is 0.272 e. The summed E-state index contributed by atoms with van der Waals surface area (Å²) in [5, 5.41) is 2.80. The van der Waals surface area contributed by atoms with Crippen molar-refractivity contribution in [2.75, 3.05) is 5.32 Å². The average Bonchev–Trinajstić information content (AvgIpc) is 2.93. The number of halogens is 1. The lowest BCUT2D eigenvalue weighted by Gasteiger charge is -2.02. The molecule has 0 radical (unpaired) electrons. The third-order valence-electron chi connectivity index (χ3n) is 2.64. The van der Waals surface area contributed by atoms with Crippen LogP contribution >= 0.6 is 15.9 Å². The number of carbonyl (C=O) groups is 1. The van der Waals surface area contributed by atoms with Crippen LogP contribution in [0.4, 0.5) is 5.69 Å². The Morgan fingerprint density at radius 2 is 2.26 bits per heavy atom. The Kier molecular flexibility index (Phi) is 2.87. The standard InChI is InChI=1S/C13H10BrN3O2/c1-7-16-10-5-9(2-3-12(10)19-7)17-13(18)11-4-8(14)6-15-11/h2-6,15H,1H3,(H,17,18). The van der Waals surface area contributed by atoms with Gasteiger partial charge in [0.05, 0.1) is 0 Å². The van der Waals surface area contributed by atoms with E-state index in [4.69, 9.17) is 4.42 Å². The van der Waals surface area contributed by atoms with Gasteiger partial charge in [0.1, 0.15) is 11.2 Å². The van der Waals surface area contributed by atoms with Crippen LogP contribution in [0.1, 0.15) is 16.4 Å². The SMILES string of the molecule is Cc1nc2cc(NC(=O)c3cc(Br)c[nH]3)ccc2o1. The average molecular weight is 320 g/mol. The van der Waals surface area contributed by atoms with Crippen molar-refractivity contribution in [2.24, 2.45) is 0 Å². The summed E-state index contributed by atoms with van der Waals surface area (Å²) in [6.45, 7) is 1.79. The molecule has 0 bridgehead atoms. The minimum Gasteiger partial charge on any atom is -0.441 e.